The molecule has 1 heterocycles. The van der Waals surface area contributed by atoms with Crippen LogP contribution in [0.1, 0.15) is 31.4 Å². The van der Waals surface area contributed by atoms with Crippen molar-refractivity contribution >= 4 is 29.9 Å². The number of aliphatic imine (C=N–C) groups is 1. The van der Waals surface area contributed by atoms with Gasteiger partial charge < -0.3 is 19.4 Å². The average Bonchev–Trinajstić information content (AvgIpc) is 3.06. The van der Waals surface area contributed by atoms with Crippen molar-refractivity contribution in [3.8, 4) is 0 Å². The maximum atomic E-state index is 5.36. The molecule has 0 radical (unpaired) electrons. The first-order valence-corrected chi connectivity index (χ1v) is 8.39. The molecule has 0 spiro atoms. The lowest BCUT2D eigenvalue weighted by atomic mass is 10.2. The first kappa shape index (κ1) is 23.0. The Balaban J connectivity index is 0.00000529. The Labute approximate surface area is 163 Å². The molecule has 0 aliphatic carbocycles. The highest BCUT2D eigenvalue weighted by Gasteiger charge is 2.06. The fraction of sp³-hybridized carbons (Fsp3) is 0.611. The largest absolute Gasteiger partial charge is 0.469 e. The van der Waals surface area contributed by atoms with E-state index >= 15 is 0 Å². The molecule has 1 N–H and O–H groups in total. The topological polar surface area (TPSA) is 50.0 Å². The maximum absolute atomic E-state index is 5.36. The molecule has 0 bridgehead atoms. The summed E-state index contributed by atoms with van der Waals surface area (Å²) >= 11 is 0. The van der Waals surface area contributed by atoms with E-state index in [1.165, 1.54) is 12.8 Å². The Kier molecular flexibility index (Phi) is 14.8. The van der Waals surface area contributed by atoms with Gasteiger partial charge in [-0.05, 0) is 31.4 Å². The molecule has 0 atom stereocenters. The third-order valence-corrected chi connectivity index (χ3v) is 3.55. The summed E-state index contributed by atoms with van der Waals surface area (Å²) in [6.07, 6.45) is 9.22. The minimum absolute atomic E-state index is 0. The van der Waals surface area contributed by atoms with E-state index in [4.69, 9.17) is 9.15 Å². The van der Waals surface area contributed by atoms with Crippen LogP contribution in [-0.2, 0) is 11.2 Å². The van der Waals surface area contributed by atoms with Crippen LogP contribution >= 0.6 is 24.0 Å². The van der Waals surface area contributed by atoms with Gasteiger partial charge in [0, 0.05) is 33.7 Å². The van der Waals surface area contributed by atoms with Crippen molar-refractivity contribution in [1.82, 2.24) is 10.2 Å². The number of allylic oxidation sites excluding steroid dienone is 1. The summed E-state index contributed by atoms with van der Waals surface area (Å²) in [6.45, 7) is 6.86. The number of nitrogens with one attached hydrogen (secondary N) is 1. The van der Waals surface area contributed by atoms with E-state index in [1.54, 1.807) is 13.4 Å². The number of halogens is 1. The van der Waals surface area contributed by atoms with Gasteiger partial charge in [0.15, 0.2) is 5.96 Å². The van der Waals surface area contributed by atoms with Crippen LogP contribution in [0.4, 0.5) is 0 Å². The summed E-state index contributed by atoms with van der Waals surface area (Å²) in [5.74, 6) is 1.91. The van der Waals surface area contributed by atoms with Gasteiger partial charge in [0.05, 0.1) is 19.4 Å². The van der Waals surface area contributed by atoms with Crippen molar-refractivity contribution in [2.24, 2.45) is 4.99 Å². The average molecular weight is 449 g/mol. The number of rotatable bonds is 12. The Hall–Kier alpha value is -1.02. The molecule has 1 rings (SSSR count). The van der Waals surface area contributed by atoms with Crippen LogP contribution in [0.2, 0.25) is 0 Å². The highest BCUT2D eigenvalue weighted by molar-refractivity contribution is 14.0. The number of nitrogens with zero attached hydrogens (tertiary/aromatic N) is 2. The number of unbranched alkanes of at least 4 members (excludes halogenated alkanes) is 3. The number of furan rings is 1. The van der Waals surface area contributed by atoms with Gasteiger partial charge in [-0.1, -0.05) is 12.5 Å². The van der Waals surface area contributed by atoms with Gasteiger partial charge in [0.2, 0.25) is 0 Å². The Morgan fingerprint density at radius 3 is 2.92 bits per heavy atom. The number of hydrogen-bond donors (Lipinski definition) is 1. The van der Waals surface area contributed by atoms with Crippen LogP contribution in [0, 0.1) is 0 Å². The van der Waals surface area contributed by atoms with Gasteiger partial charge >= 0.3 is 0 Å². The zero-order valence-corrected chi connectivity index (χ0v) is 17.3. The summed E-state index contributed by atoms with van der Waals surface area (Å²) in [7, 11) is 3.78. The number of methoxy groups -OCH3 is 1. The minimum Gasteiger partial charge on any atom is -0.469 e. The third-order valence-electron chi connectivity index (χ3n) is 3.55. The molecule has 0 aromatic carbocycles. The molecule has 138 valence electrons. The van der Waals surface area contributed by atoms with Gasteiger partial charge in [-0.15, -0.1) is 30.6 Å². The van der Waals surface area contributed by atoms with Crippen molar-refractivity contribution in [1.29, 1.82) is 0 Å². The second-order valence-corrected chi connectivity index (χ2v) is 5.51. The van der Waals surface area contributed by atoms with Crippen molar-refractivity contribution in [3.63, 3.8) is 0 Å². The quantitative estimate of drug-likeness (QED) is 0.174. The van der Waals surface area contributed by atoms with Gasteiger partial charge in [0.25, 0.3) is 0 Å². The van der Waals surface area contributed by atoms with Crippen LogP contribution in [0.5, 0.6) is 0 Å². The molecule has 0 amide bonds. The van der Waals surface area contributed by atoms with Crippen LogP contribution in [0.3, 0.4) is 0 Å². The van der Waals surface area contributed by atoms with Crippen LogP contribution in [0.25, 0.3) is 0 Å². The summed E-state index contributed by atoms with van der Waals surface area (Å²) < 4.78 is 10.4. The first-order chi connectivity index (χ1) is 11.3. The predicted molar refractivity (Wildman–Crippen MR) is 111 cm³/mol. The highest BCUT2D eigenvalue weighted by Crippen LogP contribution is 2.02. The Bertz CT molecular complexity index is 435. The Morgan fingerprint density at radius 1 is 1.42 bits per heavy atom. The molecule has 0 unspecified atom stereocenters. The van der Waals surface area contributed by atoms with Gasteiger partial charge in [-0.25, -0.2) is 0 Å². The normalized spacial score (nSPS) is 11.0. The number of guanidine groups is 1. The third kappa shape index (κ3) is 10.7. The zero-order valence-electron chi connectivity index (χ0n) is 15.0. The van der Waals surface area contributed by atoms with Crippen molar-refractivity contribution < 1.29 is 9.15 Å². The molecule has 1 aromatic rings. The van der Waals surface area contributed by atoms with Crippen LogP contribution in [0.15, 0.2) is 40.5 Å². The molecule has 0 aliphatic heterocycles. The van der Waals surface area contributed by atoms with Gasteiger partial charge in [-0.3, -0.25) is 4.99 Å². The van der Waals surface area contributed by atoms with Gasteiger partial charge in [-0.2, -0.15) is 0 Å². The van der Waals surface area contributed by atoms with Crippen molar-refractivity contribution in [2.45, 2.75) is 32.1 Å². The molecule has 0 saturated carbocycles. The lowest BCUT2D eigenvalue weighted by molar-refractivity contribution is 0.207. The summed E-state index contributed by atoms with van der Waals surface area (Å²) in [4.78, 5) is 6.79. The second kappa shape index (κ2) is 15.5. The van der Waals surface area contributed by atoms with E-state index in [2.05, 4.69) is 28.8 Å². The van der Waals surface area contributed by atoms with Crippen molar-refractivity contribution in [2.75, 3.05) is 40.4 Å². The van der Waals surface area contributed by atoms with E-state index in [-0.39, 0.29) is 24.0 Å². The highest BCUT2D eigenvalue weighted by atomic mass is 127. The van der Waals surface area contributed by atoms with E-state index in [0.717, 1.165) is 44.1 Å². The first-order valence-electron chi connectivity index (χ1n) is 8.39. The lowest BCUT2D eigenvalue weighted by Gasteiger charge is -2.22. The molecular formula is C18H32IN3O2. The second-order valence-electron chi connectivity index (χ2n) is 5.51. The fourth-order valence-electron chi connectivity index (χ4n) is 2.23. The zero-order chi connectivity index (χ0) is 16.8. The van der Waals surface area contributed by atoms with Crippen LogP contribution < -0.4 is 5.32 Å². The molecule has 1 aromatic heterocycles. The smallest absolute Gasteiger partial charge is 0.193 e. The summed E-state index contributed by atoms with van der Waals surface area (Å²) in [5, 5.41) is 3.41. The molecule has 5 nitrogen and oxygen atoms in total. The summed E-state index contributed by atoms with van der Waals surface area (Å²) in [6, 6.07) is 3.91. The SMILES string of the molecule is C=CCCCCCN(C)C(=NCCOC)NCCc1ccco1.I. The predicted octanol–water partition coefficient (Wildman–Crippen LogP) is 3.71. The molecule has 24 heavy (non-hydrogen) atoms. The fourth-order valence-corrected chi connectivity index (χ4v) is 2.23. The monoisotopic (exact) mass is 449 g/mol. The Morgan fingerprint density at radius 2 is 2.25 bits per heavy atom. The molecule has 0 aliphatic rings. The van der Waals surface area contributed by atoms with Gasteiger partial charge in [0.1, 0.15) is 5.76 Å². The standard InChI is InChI=1S/C18H31N3O2.HI/c1-4-5-6-7-8-14-21(2)18(20-13-16-22-3)19-12-11-17-10-9-15-23-17;/h4,9-10,15H,1,5-8,11-14,16H2,2-3H3,(H,19,20);1H. The minimum atomic E-state index is 0. The molecular weight excluding hydrogens is 417 g/mol. The molecule has 0 saturated heterocycles. The lowest BCUT2D eigenvalue weighted by Crippen LogP contribution is -2.40. The maximum Gasteiger partial charge on any atom is 0.193 e. The number of ether oxygens (including phenoxy) is 1. The van der Waals surface area contributed by atoms with E-state index < -0.39 is 0 Å². The molecule has 6 heteroatoms. The van der Waals surface area contributed by atoms with Crippen LogP contribution in [-0.4, -0.2) is 51.3 Å². The molecule has 0 fully saturated rings. The van der Waals surface area contributed by atoms with E-state index in [0.29, 0.717) is 13.2 Å². The summed E-state index contributed by atoms with van der Waals surface area (Å²) in [5.41, 5.74) is 0. The van der Waals surface area contributed by atoms with Crippen molar-refractivity contribution in [3.05, 3.63) is 36.8 Å². The van der Waals surface area contributed by atoms with E-state index in [1.807, 2.05) is 18.2 Å². The number of hydrogen-bond acceptors (Lipinski definition) is 3. The van der Waals surface area contributed by atoms with E-state index in [9.17, 15) is 0 Å².